The second-order valence-corrected chi connectivity index (χ2v) is 7.72. The lowest BCUT2D eigenvalue weighted by atomic mass is 10.3. The largest absolute Gasteiger partial charge is 0.496 e. The zero-order valence-electron chi connectivity index (χ0n) is 10.7. The third-order valence-corrected chi connectivity index (χ3v) is 5.48. The van der Waals surface area contributed by atoms with E-state index in [1.807, 2.05) is 22.6 Å². The quantitative estimate of drug-likeness (QED) is 0.666. The van der Waals surface area contributed by atoms with Crippen LogP contribution in [0.4, 0.5) is 10.1 Å². The van der Waals surface area contributed by atoms with Crippen LogP contribution in [0.15, 0.2) is 45.8 Å². The van der Waals surface area contributed by atoms with E-state index in [1.165, 1.54) is 37.4 Å². The molecule has 8 heteroatoms. The summed E-state index contributed by atoms with van der Waals surface area (Å²) in [6, 6.07) is 8.26. The number of ether oxygens (including phenoxy) is 1. The zero-order chi connectivity index (χ0) is 15.6. The monoisotopic (exact) mass is 485 g/mol. The Hall–Kier alpha value is -0.870. The Labute approximate surface area is 144 Å². The SMILES string of the molecule is COc1ccc(S(=O)(=O)Nc2ccc(F)cc2I)cc1Br. The highest BCUT2D eigenvalue weighted by Crippen LogP contribution is 2.29. The summed E-state index contributed by atoms with van der Waals surface area (Å²) < 4.78 is 46.2. The van der Waals surface area contributed by atoms with Gasteiger partial charge in [-0.25, -0.2) is 12.8 Å². The third-order valence-electron chi connectivity index (χ3n) is 2.61. The van der Waals surface area contributed by atoms with E-state index in [9.17, 15) is 12.8 Å². The molecule has 0 bridgehead atoms. The predicted octanol–water partition coefficient (Wildman–Crippen LogP) is 4.00. The van der Waals surface area contributed by atoms with E-state index in [4.69, 9.17) is 4.74 Å². The van der Waals surface area contributed by atoms with Crippen molar-refractivity contribution in [3.05, 3.63) is 50.3 Å². The summed E-state index contributed by atoms with van der Waals surface area (Å²) >= 11 is 5.11. The van der Waals surface area contributed by atoms with E-state index in [-0.39, 0.29) is 4.90 Å². The van der Waals surface area contributed by atoms with Crippen LogP contribution < -0.4 is 9.46 Å². The molecule has 0 radical (unpaired) electrons. The van der Waals surface area contributed by atoms with Crippen LogP contribution in [0.3, 0.4) is 0 Å². The van der Waals surface area contributed by atoms with Gasteiger partial charge in [0.2, 0.25) is 0 Å². The zero-order valence-corrected chi connectivity index (χ0v) is 15.3. The van der Waals surface area contributed by atoms with Gasteiger partial charge in [0.25, 0.3) is 10.0 Å². The van der Waals surface area contributed by atoms with Gasteiger partial charge in [0.15, 0.2) is 0 Å². The number of nitrogens with one attached hydrogen (secondary N) is 1. The third kappa shape index (κ3) is 3.86. The lowest BCUT2D eigenvalue weighted by molar-refractivity contribution is 0.411. The Morgan fingerprint density at radius 3 is 2.52 bits per heavy atom. The number of hydrogen-bond acceptors (Lipinski definition) is 3. The Morgan fingerprint density at radius 2 is 1.95 bits per heavy atom. The summed E-state index contributed by atoms with van der Waals surface area (Å²) in [6.07, 6.45) is 0. The highest BCUT2D eigenvalue weighted by Gasteiger charge is 2.17. The van der Waals surface area contributed by atoms with Crippen LogP contribution >= 0.6 is 38.5 Å². The van der Waals surface area contributed by atoms with Gasteiger partial charge in [0, 0.05) is 3.57 Å². The minimum Gasteiger partial charge on any atom is -0.496 e. The fourth-order valence-electron chi connectivity index (χ4n) is 1.59. The van der Waals surface area contributed by atoms with Crippen LogP contribution in [0.1, 0.15) is 0 Å². The topological polar surface area (TPSA) is 55.4 Å². The maximum Gasteiger partial charge on any atom is 0.261 e. The standard InChI is InChI=1S/C13H10BrFINO3S/c1-20-13-5-3-9(7-10(13)14)21(18,19)17-12-4-2-8(15)6-11(12)16/h2-7,17H,1H3. The lowest BCUT2D eigenvalue weighted by Gasteiger charge is -2.11. The molecule has 0 aliphatic rings. The van der Waals surface area contributed by atoms with Crippen molar-refractivity contribution in [2.24, 2.45) is 0 Å². The van der Waals surface area contributed by atoms with Crippen molar-refractivity contribution < 1.29 is 17.5 Å². The first kappa shape index (κ1) is 16.5. The second kappa shape index (κ2) is 6.49. The molecule has 2 aromatic carbocycles. The number of halogens is 3. The van der Waals surface area contributed by atoms with Gasteiger partial charge in [-0.05, 0) is 74.9 Å². The average molecular weight is 486 g/mol. The van der Waals surface area contributed by atoms with Gasteiger partial charge in [-0.2, -0.15) is 0 Å². The Kier molecular flexibility index (Phi) is 5.10. The molecular formula is C13H10BrFINO3S. The highest BCUT2D eigenvalue weighted by atomic mass is 127. The molecule has 4 nitrogen and oxygen atoms in total. The first-order chi connectivity index (χ1) is 9.83. The van der Waals surface area contributed by atoms with Crippen molar-refractivity contribution in [3.8, 4) is 5.75 Å². The smallest absolute Gasteiger partial charge is 0.261 e. The molecule has 0 fully saturated rings. The van der Waals surface area contributed by atoms with Crippen LogP contribution in [0.2, 0.25) is 0 Å². The van der Waals surface area contributed by atoms with Crippen molar-refractivity contribution in [2.75, 3.05) is 11.8 Å². The van der Waals surface area contributed by atoms with Crippen LogP contribution in [0, 0.1) is 9.39 Å². The molecule has 21 heavy (non-hydrogen) atoms. The number of methoxy groups -OCH3 is 1. The number of benzene rings is 2. The molecule has 0 saturated carbocycles. The van der Waals surface area contributed by atoms with Crippen LogP contribution in [0.25, 0.3) is 0 Å². The van der Waals surface area contributed by atoms with E-state index >= 15 is 0 Å². The summed E-state index contributed by atoms with van der Waals surface area (Å²) in [5, 5.41) is 0. The average Bonchev–Trinajstić information content (AvgIpc) is 2.42. The lowest BCUT2D eigenvalue weighted by Crippen LogP contribution is -2.14. The van der Waals surface area contributed by atoms with Gasteiger partial charge in [0.1, 0.15) is 11.6 Å². The Balaban J connectivity index is 2.36. The van der Waals surface area contributed by atoms with Gasteiger partial charge in [0.05, 0.1) is 22.2 Å². The molecular weight excluding hydrogens is 476 g/mol. The summed E-state index contributed by atoms with van der Waals surface area (Å²) in [5.41, 5.74) is 0.323. The van der Waals surface area contributed by atoms with Crippen molar-refractivity contribution in [1.82, 2.24) is 0 Å². The van der Waals surface area contributed by atoms with Gasteiger partial charge >= 0.3 is 0 Å². The maximum atomic E-state index is 13.0. The minimum absolute atomic E-state index is 0.0790. The summed E-state index contributed by atoms with van der Waals surface area (Å²) in [4.78, 5) is 0.0790. The van der Waals surface area contributed by atoms with Gasteiger partial charge in [-0.3, -0.25) is 4.72 Å². The second-order valence-electron chi connectivity index (χ2n) is 4.03. The van der Waals surface area contributed by atoms with Gasteiger partial charge in [-0.1, -0.05) is 0 Å². The molecule has 0 aliphatic heterocycles. The first-order valence-corrected chi connectivity index (χ1v) is 9.00. The number of sulfonamides is 1. The predicted molar refractivity (Wildman–Crippen MR) is 90.6 cm³/mol. The van der Waals surface area contributed by atoms with E-state index in [2.05, 4.69) is 20.7 Å². The molecule has 0 atom stereocenters. The maximum absolute atomic E-state index is 13.0. The molecule has 0 unspecified atom stereocenters. The van der Waals surface area contributed by atoms with Crippen molar-refractivity contribution in [1.29, 1.82) is 0 Å². The van der Waals surface area contributed by atoms with E-state index in [1.54, 1.807) is 6.07 Å². The van der Waals surface area contributed by atoms with Crippen LogP contribution in [-0.2, 0) is 10.0 Å². The molecule has 0 aromatic heterocycles. The van der Waals surface area contributed by atoms with Crippen LogP contribution in [0.5, 0.6) is 5.75 Å². The molecule has 0 saturated heterocycles. The highest BCUT2D eigenvalue weighted by molar-refractivity contribution is 14.1. The summed E-state index contributed by atoms with van der Waals surface area (Å²) in [5.74, 6) is 0.111. The van der Waals surface area contributed by atoms with E-state index in [0.717, 1.165) is 0 Å². The molecule has 112 valence electrons. The normalized spacial score (nSPS) is 11.2. The molecule has 1 N–H and O–H groups in total. The number of hydrogen-bond donors (Lipinski definition) is 1. The first-order valence-electron chi connectivity index (χ1n) is 5.65. The van der Waals surface area contributed by atoms with Gasteiger partial charge < -0.3 is 4.74 Å². The van der Waals surface area contributed by atoms with Gasteiger partial charge in [-0.15, -0.1) is 0 Å². The molecule has 0 aliphatic carbocycles. The molecule has 0 spiro atoms. The Morgan fingerprint density at radius 1 is 1.24 bits per heavy atom. The van der Waals surface area contributed by atoms with E-state index < -0.39 is 15.8 Å². The van der Waals surface area contributed by atoms with Crippen molar-refractivity contribution in [2.45, 2.75) is 4.90 Å². The molecule has 0 heterocycles. The fraction of sp³-hybridized carbons (Fsp3) is 0.0769. The summed E-state index contributed by atoms with van der Waals surface area (Å²) in [7, 11) is -2.27. The van der Waals surface area contributed by atoms with Crippen LogP contribution in [-0.4, -0.2) is 15.5 Å². The fourth-order valence-corrected chi connectivity index (χ4v) is 4.18. The Bertz CT molecular complexity index is 783. The van der Waals surface area contributed by atoms with Crippen molar-refractivity contribution >= 4 is 54.2 Å². The minimum atomic E-state index is -3.76. The molecule has 2 rings (SSSR count). The molecule has 2 aromatic rings. The number of rotatable bonds is 4. The van der Waals surface area contributed by atoms with E-state index in [0.29, 0.717) is 19.5 Å². The molecule has 0 amide bonds. The number of anilines is 1. The summed E-state index contributed by atoms with van der Waals surface area (Å²) in [6.45, 7) is 0. The van der Waals surface area contributed by atoms with Crippen molar-refractivity contribution in [3.63, 3.8) is 0 Å².